The van der Waals surface area contributed by atoms with Crippen molar-refractivity contribution >= 4 is 6.09 Å². The van der Waals surface area contributed by atoms with E-state index in [9.17, 15) is 4.79 Å². The van der Waals surface area contributed by atoms with Gasteiger partial charge in [0.15, 0.2) is 0 Å². The molecule has 0 aromatic heterocycles. The van der Waals surface area contributed by atoms with Gasteiger partial charge in [0, 0.05) is 13.1 Å². The van der Waals surface area contributed by atoms with Gasteiger partial charge in [-0.3, -0.25) is 0 Å². The fourth-order valence-electron chi connectivity index (χ4n) is 1.99. The summed E-state index contributed by atoms with van der Waals surface area (Å²) in [5.41, 5.74) is 2.70. The van der Waals surface area contributed by atoms with Crippen molar-refractivity contribution in [3.63, 3.8) is 0 Å². The molecule has 1 aliphatic rings. The number of carboxylic acid groups (broad SMARTS) is 1. The molecular weight excluding hydrogens is 204 g/mol. The number of hydrogen-bond acceptors (Lipinski definition) is 2. The molecule has 0 unspecified atom stereocenters. The Bertz CT molecular complexity index is 463. The van der Waals surface area contributed by atoms with Crippen LogP contribution in [0.2, 0.25) is 0 Å². The lowest BCUT2D eigenvalue weighted by Crippen LogP contribution is -2.28. The molecule has 1 aliphatic heterocycles. The lowest BCUT2D eigenvalue weighted by Gasteiger charge is -2.16. The SMILES string of the molecule is N#Cc1ccc2c(c1)CN(C(=O)O)CCC2. The Balaban J connectivity index is 2.34. The van der Waals surface area contributed by atoms with Gasteiger partial charge in [0.2, 0.25) is 0 Å². The third kappa shape index (κ3) is 1.98. The zero-order valence-electron chi connectivity index (χ0n) is 8.81. The average Bonchev–Trinajstić information content (AvgIpc) is 2.49. The fourth-order valence-corrected chi connectivity index (χ4v) is 1.99. The normalized spacial score (nSPS) is 14.8. The Labute approximate surface area is 93.7 Å². The van der Waals surface area contributed by atoms with Crippen LogP contribution in [-0.2, 0) is 13.0 Å². The highest BCUT2D eigenvalue weighted by Crippen LogP contribution is 2.20. The van der Waals surface area contributed by atoms with Crippen molar-refractivity contribution in [2.24, 2.45) is 0 Å². The van der Waals surface area contributed by atoms with Crippen molar-refractivity contribution in [3.8, 4) is 6.07 Å². The van der Waals surface area contributed by atoms with Gasteiger partial charge in [-0.2, -0.15) is 5.26 Å². The van der Waals surface area contributed by atoms with Crippen LogP contribution in [0.1, 0.15) is 23.1 Å². The number of benzene rings is 1. The molecule has 4 nitrogen and oxygen atoms in total. The number of fused-ring (bicyclic) bond motifs is 1. The molecule has 0 saturated heterocycles. The Morgan fingerprint density at radius 2 is 2.25 bits per heavy atom. The minimum atomic E-state index is -0.893. The summed E-state index contributed by atoms with van der Waals surface area (Å²) in [6.07, 6.45) is 0.825. The van der Waals surface area contributed by atoms with Crippen LogP contribution in [0.25, 0.3) is 0 Å². The van der Waals surface area contributed by atoms with Crippen LogP contribution in [0.3, 0.4) is 0 Å². The summed E-state index contributed by atoms with van der Waals surface area (Å²) in [6, 6.07) is 7.58. The second-order valence-corrected chi connectivity index (χ2v) is 3.90. The van der Waals surface area contributed by atoms with E-state index in [1.54, 1.807) is 12.1 Å². The maximum absolute atomic E-state index is 10.9. The van der Waals surface area contributed by atoms with Gasteiger partial charge in [-0.25, -0.2) is 4.79 Å². The lowest BCUT2D eigenvalue weighted by molar-refractivity contribution is 0.143. The van der Waals surface area contributed by atoms with E-state index in [1.165, 1.54) is 4.90 Å². The molecule has 1 aromatic carbocycles. The summed E-state index contributed by atoms with van der Waals surface area (Å²) in [6.45, 7) is 0.950. The molecule has 0 bridgehead atoms. The first kappa shape index (κ1) is 10.5. The highest BCUT2D eigenvalue weighted by molar-refractivity contribution is 5.65. The number of nitriles is 1. The van der Waals surface area contributed by atoms with Crippen LogP contribution in [0.5, 0.6) is 0 Å². The Morgan fingerprint density at radius 3 is 2.94 bits per heavy atom. The molecule has 1 aromatic rings. The first-order chi connectivity index (χ1) is 7.70. The molecular formula is C12H12N2O2. The highest BCUT2D eigenvalue weighted by atomic mass is 16.4. The van der Waals surface area contributed by atoms with Crippen molar-refractivity contribution in [2.45, 2.75) is 19.4 Å². The van der Waals surface area contributed by atoms with Crippen molar-refractivity contribution in [3.05, 3.63) is 34.9 Å². The Kier molecular flexibility index (Phi) is 2.78. The zero-order valence-corrected chi connectivity index (χ0v) is 8.81. The van der Waals surface area contributed by atoms with E-state index in [2.05, 4.69) is 6.07 Å². The first-order valence-corrected chi connectivity index (χ1v) is 5.20. The topological polar surface area (TPSA) is 64.3 Å². The quantitative estimate of drug-likeness (QED) is 0.721. The van der Waals surface area contributed by atoms with Crippen LogP contribution in [-0.4, -0.2) is 22.6 Å². The smallest absolute Gasteiger partial charge is 0.407 e. The number of hydrogen-bond donors (Lipinski definition) is 1. The molecule has 1 heterocycles. The van der Waals surface area contributed by atoms with E-state index >= 15 is 0 Å². The molecule has 16 heavy (non-hydrogen) atoms. The molecule has 0 radical (unpaired) electrons. The molecule has 2 rings (SSSR count). The fraction of sp³-hybridized carbons (Fsp3) is 0.333. The molecule has 0 spiro atoms. The molecule has 4 heteroatoms. The molecule has 0 aliphatic carbocycles. The lowest BCUT2D eigenvalue weighted by atomic mass is 10.0. The molecule has 1 amide bonds. The van der Waals surface area contributed by atoms with Crippen molar-refractivity contribution in [2.75, 3.05) is 6.54 Å². The maximum Gasteiger partial charge on any atom is 0.407 e. The number of rotatable bonds is 0. The minimum Gasteiger partial charge on any atom is -0.465 e. The molecule has 82 valence electrons. The first-order valence-electron chi connectivity index (χ1n) is 5.20. The summed E-state index contributed by atoms with van der Waals surface area (Å²) in [5.74, 6) is 0. The Hall–Kier alpha value is -2.02. The second-order valence-electron chi connectivity index (χ2n) is 3.90. The summed E-state index contributed by atoms with van der Waals surface area (Å²) >= 11 is 0. The summed E-state index contributed by atoms with van der Waals surface area (Å²) in [5, 5.41) is 17.8. The standard InChI is InChI=1S/C12H12N2O2/c13-7-9-3-4-10-2-1-5-14(12(15)16)8-11(10)6-9/h3-4,6H,1-2,5,8H2,(H,15,16). The summed E-state index contributed by atoms with van der Waals surface area (Å²) < 4.78 is 0. The van der Waals surface area contributed by atoms with Gasteiger partial charge in [0.1, 0.15) is 0 Å². The monoisotopic (exact) mass is 216 g/mol. The van der Waals surface area contributed by atoms with Crippen LogP contribution >= 0.6 is 0 Å². The third-order valence-corrected chi connectivity index (χ3v) is 2.84. The van der Waals surface area contributed by atoms with Gasteiger partial charge >= 0.3 is 6.09 Å². The van der Waals surface area contributed by atoms with E-state index < -0.39 is 6.09 Å². The van der Waals surface area contributed by atoms with Gasteiger partial charge in [-0.15, -0.1) is 0 Å². The van der Waals surface area contributed by atoms with Crippen molar-refractivity contribution in [1.29, 1.82) is 5.26 Å². The minimum absolute atomic E-state index is 0.389. The zero-order chi connectivity index (χ0) is 11.5. The average molecular weight is 216 g/mol. The van der Waals surface area contributed by atoms with Crippen LogP contribution < -0.4 is 0 Å². The van der Waals surface area contributed by atoms with E-state index in [0.717, 1.165) is 24.0 Å². The van der Waals surface area contributed by atoms with Crippen molar-refractivity contribution in [1.82, 2.24) is 4.90 Å². The van der Waals surface area contributed by atoms with Gasteiger partial charge in [-0.1, -0.05) is 6.07 Å². The number of carbonyl (C=O) groups is 1. The molecule has 0 saturated carbocycles. The van der Waals surface area contributed by atoms with Gasteiger partial charge in [0.05, 0.1) is 11.6 Å². The van der Waals surface area contributed by atoms with E-state index in [4.69, 9.17) is 10.4 Å². The number of nitrogens with zero attached hydrogens (tertiary/aromatic N) is 2. The maximum atomic E-state index is 10.9. The predicted molar refractivity (Wildman–Crippen MR) is 57.9 cm³/mol. The largest absolute Gasteiger partial charge is 0.465 e. The summed E-state index contributed by atoms with van der Waals surface area (Å²) in [7, 11) is 0. The van der Waals surface area contributed by atoms with E-state index in [1.807, 2.05) is 6.07 Å². The molecule has 0 atom stereocenters. The van der Waals surface area contributed by atoms with Crippen molar-refractivity contribution < 1.29 is 9.90 Å². The summed E-state index contributed by atoms with van der Waals surface area (Å²) in [4.78, 5) is 12.3. The van der Waals surface area contributed by atoms with Crippen LogP contribution in [0.15, 0.2) is 18.2 Å². The van der Waals surface area contributed by atoms with Crippen LogP contribution in [0.4, 0.5) is 4.79 Å². The Morgan fingerprint density at radius 1 is 1.44 bits per heavy atom. The van der Waals surface area contributed by atoms with Gasteiger partial charge in [-0.05, 0) is 36.1 Å². The number of amides is 1. The van der Waals surface area contributed by atoms with Crippen LogP contribution in [0, 0.1) is 11.3 Å². The highest BCUT2D eigenvalue weighted by Gasteiger charge is 2.18. The number of aryl methyl sites for hydroxylation is 1. The van der Waals surface area contributed by atoms with E-state index in [-0.39, 0.29) is 0 Å². The third-order valence-electron chi connectivity index (χ3n) is 2.84. The molecule has 1 N–H and O–H groups in total. The predicted octanol–water partition coefficient (Wildman–Crippen LogP) is 1.98. The molecule has 0 fully saturated rings. The van der Waals surface area contributed by atoms with E-state index in [0.29, 0.717) is 18.7 Å². The second kappa shape index (κ2) is 4.23. The van der Waals surface area contributed by atoms with Gasteiger partial charge in [0.25, 0.3) is 0 Å². The van der Waals surface area contributed by atoms with Gasteiger partial charge < -0.3 is 10.0 Å².